The van der Waals surface area contributed by atoms with Crippen LogP contribution in [-0.4, -0.2) is 30.7 Å². The van der Waals surface area contributed by atoms with E-state index in [4.69, 9.17) is 27.9 Å². The van der Waals surface area contributed by atoms with E-state index < -0.39 is 17.9 Å². The van der Waals surface area contributed by atoms with Gasteiger partial charge in [-0.05, 0) is 43.2 Å². The Morgan fingerprint density at radius 2 is 1.96 bits per heavy atom. The lowest BCUT2D eigenvalue weighted by Gasteiger charge is -2.15. The second-order valence-corrected chi connectivity index (χ2v) is 6.55. The van der Waals surface area contributed by atoms with Crippen LogP contribution in [0.1, 0.15) is 18.1 Å². The van der Waals surface area contributed by atoms with E-state index in [1.807, 2.05) is 31.2 Å². The third-order valence-corrected chi connectivity index (χ3v) is 4.10. The molecule has 0 fully saturated rings. The van der Waals surface area contributed by atoms with E-state index in [0.29, 0.717) is 15.8 Å². The zero-order valence-corrected chi connectivity index (χ0v) is 16.3. The maximum atomic E-state index is 12.0. The summed E-state index contributed by atoms with van der Waals surface area (Å²) in [4.78, 5) is 23.8. The molecule has 2 N–H and O–H groups in total. The fourth-order valence-electron chi connectivity index (χ4n) is 2.07. The zero-order chi connectivity index (χ0) is 19.8. The van der Waals surface area contributed by atoms with E-state index >= 15 is 0 Å². The summed E-state index contributed by atoms with van der Waals surface area (Å²) in [5.74, 6) is -0.583. The number of hydrogen-bond acceptors (Lipinski definition) is 4. The number of carbonyl (C=O) groups is 2. The number of amides is 2. The standard InChI is InChI=1S/C19H19Cl2N3O3/c1-12-5-3-4-6-14(12)10-23-24-18(25)11-22-19(26)13(2)27-17-8-7-15(20)9-16(17)21/h3-10,13H,11H2,1-2H3,(H,22,26)(H,24,25)/t13-/m0/s1. The average Bonchev–Trinajstić information content (AvgIpc) is 2.63. The summed E-state index contributed by atoms with van der Waals surface area (Å²) in [5.41, 5.74) is 4.29. The van der Waals surface area contributed by atoms with E-state index in [-0.39, 0.29) is 6.54 Å². The second-order valence-electron chi connectivity index (χ2n) is 5.70. The third kappa shape index (κ3) is 6.58. The molecule has 142 valence electrons. The third-order valence-electron chi connectivity index (χ3n) is 3.57. The number of nitrogens with one attached hydrogen (secondary N) is 2. The predicted octanol–water partition coefficient (Wildman–Crippen LogP) is 3.34. The molecule has 0 radical (unpaired) electrons. The number of hydrogen-bond donors (Lipinski definition) is 2. The van der Waals surface area contributed by atoms with Gasteiger partial charge in [0.1, 0.15) is 5.75 Å². The summed E-state index contributed by atoms with van der Waals surface area (Å²) in [6, 6.07) is 12.3. The van der Waals surface area contributed by atoms with Crippen LogP contribution in [0.25, 0.3) is 0 Å². The zero-order valence-electron chi connectivity index (χ0n) is 14.8. The molecule has 2 rings (SSSR count). The molecule has 0 bridgehead atoms. The van der Waals surface area contributed by atoms with Crippen LogP contribution in [-0.2, 0) is 9.59 Å². The fourth-order valence-corrected chi connectivity index (χ4v) is 2.52. The van der Waals surface area contributed by atoms with Crippen LogP contribution in [0, 0.1) is 6.92 Å². The molecule has 0 unspecified atom stereocenters. The molecular formula is C19H19Cl2N3O3. The lowest BCUT2D eigenvalue weighted by Crippen LogP contribution is -2.41. The van der Waals surface area contributed by atoms with Crippen molar-refractivity contribution in [2.24, 2.45) is 5.10 Å². The van der Waals surface area contributed by atoms with Gasteiger partial charge < -0.3 is 10.1 Å². The Hall–Kier alpha value is -2.57. The van der Waals surface area contributed by atoms with Crippen molar-refractivity contribution in [2.45, 2.75) is 20.0 Å². The van der Waals surface area contributed by atoms with Gasteiger partial charge in [-0.2, -0.15) is 5.10 Å². The van der Waals surface area contributed by atoms with Crippen molar-refractivity contribution in [2.75, 3.05) is 6.54 Å². The molecule has 0 spiro atoms. The molecule has 2 aromatic carbocycles. The Balaban J connectivity index is 1.78. The smallest absolute Gasteiger partial charge is 0.261 e. The molecule has 0 aliphatic heterocycles. The normalized spacial score (nSPS) is 11.9. The van der Waals surface area contributed by atoms with Gasteiger partial charge in [0.2, 0.25) is 0 Å². The van der Waals surface area contributed by atoms with Gasteiger partial charge in [-0.15, -0.1) is 0 Å². The van der Waals surface area contributed by atoms with Crippen LogP contribution < -0.4 is 15.5 Å². The van der Waals surface area contributed by atoms with Crippen LogP contribution in [0.2, 0.25) is 10.0 Å². The Bertz CT molecular complexity index is 856. The molecule has 8 heteroatoms. The van der Waals surface area contributed by atoms with Crippen molar-refractivity contribution in [3.05, 3.63) is 63.6 Å². The summed E-state index contributed by atoms with van der Waals surface area (Å²) in [6.45, 7) is 3.26. The molecule has 27 heavy (non-hydrogen) atoms. The van der Waals surface area contributed by atoms with E-state index in [2.05, 4.69) is 15.8 Å². The highest BCUT2D eigenvalue weighted by molar-refractivity contribution is 6.35. The van der Waals surface area contributed by atoms with Crippen LogP contribution in [0.4, 0.5) is 0 Å². The Morgan fingerprint density at radius 3 is 2.67 bits per heavy atom. The topological polar surface area (TPSA) is 79.8 Å². The first kappa shape index (κ1) is 20.7. The molecule has 0 saturated heterocycles. The van der Waals surface area contributed by atoms with Crippen LogP contribution in [0.5, 0.6) is 5.75 Å². The molecule has 2 amide bonds. The molecule has 6 nitrogen and oxygen atoms in total. The minimum atomic E-state index is -0.841. The Labute approximate surface area is 167 Å². The summed E-state index contributed by atoms with van der Waals surface area (Å²) >= 11 is 11.8. The minimum absolute atomic E-state index is 0.230. The molecule has 1 atom stereocenters. The average molecular weight is 408 g/mol. The lowest BCUT2D eigenvalue weighted by atomic mass is 10.1. The van der Waals surface area contributed by atoms with Crippen LogP contribution in [0.15, 0.2) is 47.6 Å². The maximum absolute atomic E-state index is 12.0. The molecular weight excluding hydrogens is 389 g/mol. The van der Waals surface area contributed by atoms with Gasteiger partial charge >= 0.3 is 0 Å². The van der Waals surface area contributed by atoms with Gasteiger partial charge in [-0.1, -0.05) is 47.5 Å². The molecule has 0 aromatic heterocycles. The molecule has 0 saturated carbocycles. The Morgan fingerprint density at radius 1 is 1.22 bits per heavy atom. The summed E-state index contributed by atoms with van der Waals surface area (Å²) in [7, 11) is 0. The maximum Gasteiger partial charge on any atom is 0.261 e. The first-order chi connectivity index (χ1) is 12.9. The molecule has 0 heterocycles. The first-order valence-electron chi connectivity index (χ1n) is 8.14. The molecule has 2 aromatic rings. The van der Waals surface area contributed by atoms with E-state index in [0.717, 1.165) is 11.1 Å². The summed E-state index contributed by atoms with van der Waals surface area (Å²) in [5, 5.41) is 7.11. The monoisotopic (exact) mass is 407 g/mol. The quantitative estimate of drug-likeness (QED) is 0.545. The number of carbonyl (C=O) groups excluding carboxylic acids is 2. The highest BCUT2D eigenvalue weighted by atomic mass is 35.5. The summed E-state index contributed by atoms with van der Waals surface area (Å²) < 4.78 is 5.48. The van der Waals surface area contributed by atoms with Crippen molar-refractivity contribution in [1.82, 2.24) is 10.7 Å². The minimum Gasteiger partial charge on any atom is -0.479 e. The number of ether oxygens (including phenoxy) is 1. The predicted molar refractivity (Wildman–Crippen MR) is 106 cm³/mol. The number of aryl methyl sites for hydroxylation is 1. The van der Waals surface area contributed by atoms with Crippen LogP contribution >= 0.6 is 23.2 Å². The summed E-state index contributed by atoms with van der Waals surface area (Å²) in [6.07, 6.45) is 0.704. The lowest BCUT2D eigenvalue weighted by molar-refractivity contribution is -0.130. The second kappa shape index (κ2) is 9.94. The highest BCUT2D eigenvalue weighted by Crippen LogP contribution is 2.28. The van der Waals surface area contributed by atoms with Crippen molar-refractivity contribution in [3.63, 3.8) is 0 Å². The number of nitrogens with zero attached hydrogens (tertiary/aromatic N) is 1. The molecule has 0 aliphatic rings. The molecule has 0 aliphatic carbocycles. The van der Waals surface area contributed by atoms with Crippen molar-refractivity contribution < 1.29 is 14.3 Å². The van der Waals surface area contributed by atoms with E-state index in [1.165, 1.54) is 6.07 Å². The van der Waals surface area contributed by atoms with Crippen molar-refractivity contribution >= 4 is 41.2 Å². The Kier molecular flexibility index (Phi) is 7.64. The van der Waals surface area contributed by atoms with Gasteiger partial charge in [-0.25, -0.2) is 5.43 Å². The number of rotatable bonds is 7. The SMILES string of the molecule is Cc1ccccc1C=NNC(=O)CNC(=O)[C@H](C)Oc1ccc(Cl)cc1Cl. The van der Waals surface area contributed by atoms with Gasteiger partial charge in [0.15, 0.2) is 6.10 Å². The van der Waals surface area contributed by atoms with Crippen LogP contribution in [0.3, 0.4) is 0 Å². The van der Waals surface area contributed by atoms with Crippen molar-refractivity contribution in [1.29, 1.82) is 0 Å². The number of benzene rings is 2. The van der Waals surface area contributed by atoms with Gasteiger partial charge in [0.25, 0.3) is 11.8 Å². The van der Waals surface area contributed by atoms with Gasteiger partial charge in [-0.3, -0.25) is 9.59 Å². The highest BCUT2D eigenvalue weighted by Gasteiger charge is 2.17. The number of halogens is 2. The fraction of sp³-hybridized carbons (Fsp3) is 0.211. The van der Waals surface area contributed by atoms with Gasteiger partial charge in [0, 0.05) is 5.02 Å². The largest absolute Gasteiger partial charge is 0.479 e. The van der Waals surface area contributed by atoms with E-state index in [1.54, 1.807) is 25.3 Å². The van der Waals surface area contributed by atoms with E-state index in [9.17, 15) is 9.59 Å². The first-order valence-corrected chi connectivity index (χ1v) is 8.89. The van der Waals surface area contributed by atoms with Gasteiger partial charge in [0.05, 0.1) is 17.8 Å². The number of hydrazone groups is 1. The van der Waals surface area contributed by atoms with Crippen molar-refractivity contribution in [3.8, 4) is 5.75 Å².